The molecule has 20 heavy (non-hydrogen) atoms. The number of carbonyl (C=O) groups is 1. The van der Waals surface area contributed by atoms with E-state index in [9.17, 15) is 9.18 Å². The molecule has 1 amide bonds. The highest BCUT2D eigenvalue weighted by Gasteiger charge is 2.12. The quantitative estimate of drug-likeness (QED) is 0.860. The van der Waals surface area contributed by atoms with E-state index in [1.807, 2.05) is 13.8 Å². The number of nitrogens with one attached hydrogen (secondary N) is 1. The van der Waals surface area contributed by atoms with Gasteiger partial charge in [0.2, 0.25) is 11.9 Å². The second-order valence-electron chi connectivity index (χ2n) is 4.04. The maximum Gasteiger partial charge on any atom is 0.276 e. The van der Waals surface area contributed by atoms with Crippen LogP contribution in [0.3, 0.4) is 0 Å². The van der Waals surface area contributed by atoms with E-state index in [1.165, 1.54) is 18.2 Å². The Bertz CT molecular complexity index is 632. The van der Waals surface area contributed by atoms with Crippen LogP contribution in [0.15, 0.2) is 18.2 Å². The van der Waals surface area contributed by atoms with Crippen molar-refractivity contribution in [2.45, 2.75) is 26.7 Å². The summed E-state index contributed by atoms with van der Waals surface area (Å²) in [6, 6.07) is 3.99. The van der Waals surface area contributed by atoms with Crippen molar-refractivity contribution >= 4 is 11.9 Å². The Morgan fingerprint density at radius 2 is 1.90 bits per heavy atom. The molecule has 0 aliphatic carbocycles. The van der Waals surface area contributed by atoms with Gasteiger partial charge >= 0.3 is 0 Å². The average Bonchev–Trinajstić information content (AvgIpc) is 2.47. The van der Waals surface area contributed by atoms with Gasteiger partial charge in [0, 0.05) is 0 Å². The van der Waals surface area contributed by atoms with Crippen molar-refractivity contribution in [2.75, 3.05) is 5.32 Å². The summed E-state index contributed by atoms with van der Waals surface area (Å²) in [6.07, 6.45) is 1.42. The minimum absolute atomic E-state index is 0.0359. The highest BCUT2D eigenvalue weighted by Crippen LogP contribution is 2.08. The van der Waals surface area contributed by atoms with E-state index in [4.69, 9.17) is 0 Å². The van der Waals surface area contributed by atoms with Crippen LogP contribution in [-0.4, -0.2) is 26.1 Å². The van der Waals surface area contributed by atoms with Gasteiger partial charge in [-0.05, 0) is 25.0 Å². The van der Waals surface area contributed by atoms with Crippen LogP contribution < -0.4 is 5.32 Å². The maximum atomic E-state index is 12.9. The second kappa shape index (κ2) is 6.14. The molecule has 6 nitrogen and oxygen atoms in total. The predicted octanol–water partition coefficient (Wildman–Crippen LogP) is 1.78. The molecule has 1 N–H and O–H groups in total. The van der Waals surface area contributed by atoms with Crippen molar-refractivity contribution in [1.82, 2.24) is 20.2 Å². The summed E-state index contributed by atoms with van der Waals surface area (Å²) < 4.78 is 12.9. The predicted molar refractivity (Wildman–Crippen MR) is 70.7 cm³/mol. The van der Waals surface area contributed by atoms with Gasteiger partial charge in [-0.2, -0.15) is 4.39 Å². The molecule has 0 fully saturated rings. The minimum atomic E-state index is -0.715. The van der Waals surface area contributed by atoms with Crippen molar-refractivity contribution in [1.29, 1.82) is 0 Å². The van der Waals surface area contributed by atoms with Gasteiger partial charge in [-0.1, -0.05) is 19.9 Å². The summed E-state index contributed by atoms with van der Waals surface area (Å²) in [7, 11) is 0. The molecule has 2 aromatic rings. The van der Waals surface area contributed by atoms with Gasteiger partial charge in [-0.25, -0.2) is 9.97 Å². The molecule has 2 rings (SSSR count). The fourth-order valence-corrected chi connectivity index (χ4v) is 1.69. The molecule has 2 aromatic heterocycles. The van der Waals surface area contributed by atoms with E-state index in [-0.39, 0.29) is 11.6 Å². The zero-order chi connectivity index (χ0) is 14.5. The highest BCUT2D eigenvalue weighted by atomic mass is 19.1. The molecule has 0 bridgehead atoms. The largest absolute Gasteiger partial charge is 0.288 e. The van der Waals surface area contributed by atoms with Gasteiger partial charge in [-0.3, -0.25) is 10.1 Å². The molecule has 0 spiro atoms. The molecule has 104 valence electrons. The van der Waals surface area contributed by atoms with Crippen molar-refractivity contribution < 1.29 is 9.18 Å². The molecular formula is C13H14FN5O. The number of aryl methyl sites for hydroxylation is 2. The molecule has 2 heterocycles. The lowest BCUT2D eigenvalue weighted by Gasteiger charge is -2.06. The first-order valence-electron chi connectivity index (χ1n) is 6.30. The van der Waals surface area contributed by atoms with Gasteiger partial charge in [0.1, 0.15) is 5.69 Å². The van der Waals surface area contributed by atoms with Crippen LogP contribution in [0, 0.1) is 5.95 Å². The van der Waals surface area contributed by atoms with Gasteiger partial charge in [0.15, 0.2) is 0 Å². The Hall–Kier alpha value is -2.44. The van der Waals surface area contributed by atoms with Crippen molar-refractivity contribution in [3.63, 3.8) is 0 Å². The van der Waals surface area contributed by atoms with Crippen molar-refractivity contribution in [2.24, 2.45) is 0 Å². The Morgan fingerprint density at radius 3 is 2.55 bits per heavy atom. The Kier molecular flexibility index (Phi) is 4.29. The highest BCUT2D eigenvalue weighted by molar-refractivity contribution is 6.01. The molecule has 0 saturated heterocycles. The Morgan fingerprint density at radius 1 is 1.15 bits per heavy atom. The summed E-state index contributed by atoms with van der Waals surface area (Å²) >= 11 is 0. The first kappa shape index (κ1) is 14.0. The lowest BCUT2D eigenvalue weighted by Crippen LogP contribution is -2.18. The standard InChI is InChI=1S/C13H14FN5O/c1-3-8-9(4-2)18-19-13(16-8)17-12(20)10-6-5-7-11(14)15-10/h5-7H,3-4H2,1-2H3,(H,16,17,19,20). The smallest absolute Gasteiger partial charge is 0.276 e. The van der Waals surface area contributed by atoms with E-state index < -0.39 is 11.9 Å². The molecule has 0 aromatic carbocycles. The number of hydrogen-bond acceptors (Lipinski definition) is 5. The van der Waals surface area contributed by atoms with Crippen LogP contribution in [0.5, 0.6) is 0 Å². The SMILES string of the molecule is CCc1nnc(NC(=O)c2cccc(F)n2)nc1CC. The number of halogens is 1. The first-order valence-corrected chi connectivity index (χ1v) is 6.30. The normalized spacial score (nSPS) is 10.3. The maximum absolute atomic E-state index is 12.9. The second-order valence-corrected chi connectivity index (χ2v) is 4.04. The van der Waals surface area contributed by atoms with E-state index >= 15 is 0 Å². The topological polar surface area (TPSA) is 80.7 Å². The van der Waals surface area contributed by atoms with Gasteiger partial charge in [0.05, 0.1) is 11.4 Å². The summed E-state index contributed by atoms with van der Waals surface area (Å²) in [6.45, 7) is 3.91. The molecule has 0 aliphatic rings. The minimum Gasteiger partial charge on any atom is -0.288 e. The molecular weight excluding hydrogens is 261 g/mol. The fraction of sp³-hybridized carbons (Fsp3) is 0.308. The summed E-state index contributed by atoms with van der Waals surface area (Å²) in [5, 5.41) is 10.3. The summed E-state index contributed by atoms with van der Waals surface area (Å²) in [5.41, 5.74) is 1.55. The van der Waals surface area contributed by atoms with Crippen molar-refractivity contribution in [3.8, 4) is 0 Å². The average molecular weight is 275 g/mol. The van der Waals surface area contributed by atoms with E-state index in [2.05, 4.69) is 25.5 Å². The van der Waals surface area contributed by atoms with Crippen LogP contribution >= 0.6 is 0 Å². The Balaban J connectivity index is 2.19. The number of amides is 1. The van der Waals surface area contributed by atoms with Crippen LogP contribution in [0.2, 0.25) is 0 Å². The van der Waals surface area contributed by atoms with E-state index in [1.54, 1.807) is 0 Å². The van der Waals surface area contributed by atoms with Gasteiger partial charge in [-0.15, -0.1) is 10.2 Å². The zero-order valence-electron chi connectivity index (χ0n) is 11.2. The van der Waals surface area contributed by atoms with Gasteiger partial charge < -0.3 is 0 Å². The number of nitrogens with zero attached hydrogens (tertiary/aromatic N) is 4. The molecule has 7 heteroatoms. The number of anilines is 1. The summed E-state index contributed by atoms with van der Waals surface area (Å²) in [5.74, 6) is -1.19. The van der Waals surface area contributed by atoms with E-state index in [0.29, 0.717) is 6.42 Å². The fourth-order valence-electron chi connectivity index (χ4n) is 1.69. The number of rotatable bonds is 4. The Labute approximate surface area is 115 Å². The molecule has 0 unspecified atom stereocenters. The summed E-state index contributed by atoms with van der Waals surface area (Å²) in [4.78, 5) is 19.6. The number of pyridine rings is 1. The third kappa shape index (κ3) is 3.11. The molecule has 0 atom stereocenters. The van der Waals surface area contributed by atoms with Crippen molar-refractivity contribution in [3.05, 3.63) is 41.2 Å². The number of aromatic nitrogens is 4. The van der Waals surface area contributed by atoms with Crippen LogP contribution in [0.1, 0.15) is 35.7 Å². The van der Waals surface area contributed by atoms with Crippen LogP contribution in [0.25, 0.3) is 0 Å². The van der Waals surface area contributed by atoms with Gasteiger partial charge in [0.25, 0.3) is 5.91 Å². The van der Waals surface area contributed by atoms with E-state index in [0.717, 1.165) is 17.8 Å². The first-order chi connectivity index (χ1) is 9.63. The zero-order valence-corrected chi connectivity index (χ0v) is 11.2. The molecule has 0 saturated carbocycles. The molecule has 0 radical (unpaired) electrons. The monoisotopic (exact) mass is 275 g/mol. The third-order valence-electron chi connectivity index (χ3n) is 2.68. The number of carbonyl (C=O) groups excluding carboxylic acids is 1. The lowest BCUT2D eigenvalue weighted by atomic mass is 10.2. The van der Waals surface area contributed by atoms with Crippen LogP contribution in [0.4, 0.5) is 10.3 Å². The number of hydrogen-bond donors (Lipinski definition) is 1. The third-order valence-corrected chi connectivity index (χ3v) is 2.68. The lowest BCUT2D eigenvalue weighted by molar-refractivity contribution is 0.102. The molecule has 0 aliphatic heterocycles. The van der Waals surface area contributed by atoms with Crippen LogP contribution in [-0.2, 0) is 12.8 Å².